The molecule has 6 bridgehead atoms. The fourth-order valence-electron chi connectivity index (χ4n) is 6.73. The zero-order chi connectivity index (χ0) is 14.0. The molecule has 3 nitrogen and oxygen atoms in total. The number of Topliss-reactive ketones (excluding diaryl/α,β-unsaturated/α-hetero) is 1. The first-order valence-electron chi connectivity index (χ1n) is 9.13. The van der Waals surface area contributed by atoms with Crippen LogP contribution in [0.3, 0.4) is 0 Å². The molecule has 0 aromatic heterocycles. The third-order valence-corrected chi connectivity index (χ3v) is 7.21. The Hall–Kier alpha value is -0.410. The number of carbonyl (C=O) groups excluding carboxylic acids is 1. The third-order valence-electron chi connectivity index (χ3n) is 7.21. The van der Waals surface area contributed by atoms with Gasteiger partial charge in [-0.2, -0.15) is 0 Å². The van der Waals surface area contributed by atoms with E-state index < -0.39 is 0 Å². The van der Waals surface area contributed by atoms with Crippen molar-refractivity contribution >= 4 is 5.78 Å². The maximum Gasteiger partial charge on any atom is 0.139 e. The summed E-state index contributed by atoms with van der Waals surface area (Å²) in [5, 5.41) is 3.63. The second kappa shape index (κ2) is 4.79. The number of fused-ring (bicyclic) bond motifs is 2. The molecule has 3 heteroatoms. The highest BCUT2D eigenvalue weighted by Gasteiger charge is 2.52. The molecule has 2 unspecified atom stereocenters. The van der Waals surface area contributed by atoms with Gasteiger partial charge in [-0.15, -0.1) is 0 Å². The Morgan fingerprint density at radius 1 is 0.810 bits per heavy atom. The van der Waals surface area contributed by atoms with Crippen molar-refractivity contribution in [2.75, 3.05) is 13.2 Å². The average molecular weight is 289 g/mol. The van der Waals surface area contributed by atoms with Gasteiger partial charge in [0.15, 0.2) is 0 Å². The molecule has 6 fully saturated rings. The van der Waals surface area contributed by atoms with Crippen molar-refractivity contribution in [1.82, 2.24) is 5.32 Å². The van der Waals surface area contributed by atoms with Gasteiger partial charge < -0.3 is 10.1 Å². The first-order valence-corrected chi connectivity index (χ1v) is 9.13. The van der Waals surface area contributed by atoms with Crippen LogP contribution in [0, 0.1) is 35.5 Å². The lowest BCUT2D eigenvalue weighted by atomic mass is 9.50. The molecule has 0 aromatic rings. The minimum atomic E-state index is 0.327. The average Bonchev–Trinajstić information content (AvgIpc) is 2.45. The molecular formula is C18H27NO2. The fourth-order valence-corrected chi connectivity index (χ4v) is 6.73. The Kier molecular flexibility index (Phi) is 2.98. The molecule has 2 heterocycles. The molecule has 0 radical (unpaired) electrons. The Morgan fingerprint density at radius 3 is 1.95 bits per heavy atom. The third kappa shape index (κ3) is 2.11. The molecule has 0 spiro atoms. The molecule has 116 valence electrons. The summed E-state index contributed by atoms with van der Waals surface area (Å²) in [6.45, 7) is 1.61. The van der Waals surface area contributed by atoms with E-state index in [2.05, 4.69) is 5.32 Å². The first-order chi connectivity index (χ1) is 10.3. The van der Waals surface area contributed by atoms with Crippen LogP contribution in [0.2, 0.25) is 0 Å². The number of ketones is 1. The maximum atomic E-state index is 13.3. The van der Waals surface area contributed by atoms with Gasteiger partial charge in [-0.25, -0.2) is 0 Å². The smallest absolute Gasteiger partial charge is 0.139 e. The predicted octanol–water partition coefficient (Wildman–Crippen LogP) is 2.39. The van der Waals surface area contributed by atoms with Gasteiger partial charge in [0, 0.05) is 23.9 Å². The second-order valence-electron chi connectivity index (χ2n) is 8.63. The van der Waals surface area contributed by atoms with E-state index in [1.54, 1.807) is 0 Å². The van der Waals surface area contributed by atoms with E-state index in [1.165, 1.54) is 32.1 Å². The quantitative estimate of drug-likeness (QED) is 0.848. The lowest BCUT2D eigenvalue weighted by Gasteiger charge is -2.54. The fraction of sp³-hybridized carbons (Fsp3) is 0.944. The van der Waals surface area contributed by atoms with Gasteiger partial charge in [0.2, 0.25) is 0 Å². The first kappa shape index (κ1) is 13.1. The number of ether oxygens (including phenoxy) is 1. The van der Waals surface area contributed by atoms with E-state index in [0.717, 1.165) is 49.7 Å². The van der Waals surface area contributed by atoms with Crippen molar-refractivity contribution in [3.63, 3.8) is 0 Å². The number of hydrogen-bond donors (Lipinski definition) is 1. The molecule has 4 aliphatic carbocycles. The van der Waals surface area contributed by atoms with Crippen LogP contribution in [-0.4, -0.2) is 31.1 Å². The molecule has 21 heavy (non-hydrogen) atoms. The minimum Gasteiger partial charge on any atom is -0.378 e. The lowest BCUT2D eigenvalue weighted by Crippen LogP contribution is -2.57. The van der Waals surface area contributed by atoms with Crippen LogP contribution in [0.4, 0.5) is 0 Å². The Bertz CT molecular complexity index is 408. The van der Waals surface area contributed by atoms with E-state index in [1.807, 2.05) is 0 Å². The summed E-state index contributed by atoms with van der Waals surface area (Å²) in [6.07, 6.45) is 8.99. The number of rotatable bonds is 2. The van der Waals surface area contributed by atoms with Crippen LogP contribution in [0.15, 0.2) is 0 Å². The Labute approximate surface area is 127 Å². The zero-order valence-corrected chi connectivity index (χ0v) is 12.8. The van der Waals surface area contributed by atoms with Gasteiger partial charge in [-0.3, -0.25) is 4.79 Å². The maximum absolute atomic E-state index is 13.3. The van der Waals surface area contributed by atoms with Crippen molar-refractivity contribution in [3.8, 4) is 0 Å². The van der Waals surface area contributed by atoms with Crippen LogP contribution in [0.1, 0.15) is 44.9 Å². The normalized spacial score (nSPS) is 54.7. The zero-order valence-electron chi connectivity index (χ0n) is 12.8. The van der Waals surface area contributed by atoms with E-state index in [0.29, 0.717) is 29.7 Å². The lowest BCUT2D eigenvalue weighted by molar-refractivity contribution is -0.143. The molecule has 0 amide bonds. The van der Waals surface area contributed by atoms with Crippen molar-refractivity contribution in [2.24, 2.45) is 35.5 Å². The summed E-state index contributed by atoms with van der Waals surface area (Å²) in [5.74, 6) is 4.85. The van der Waals surface area contributed by atoms with Gasteiger partial charge >= 0.3 is 0 Å². The monoisotopic (exact) mass is 289 g/mol. The molecule has 6 rings (SSSR count). The molecule has 2 aliphatic heterocycles. The van der Waals surface area contributed by atoms with Gasteiger partial charge in [-0.05, 0) is 68.6 Å². The highest BCUT2D eigenvalue weighted by molar-refractivity contribution is 5.84. The van der Waals surface area contributed by atoms with Crippen LogP contribution in [-0.2, 0) is 9.53 Å². The molecule has 0 aromatic carbocycles. The van der Waals surface area contributed by atoms with Gasteiger partial charge in [0.25, 0.3) is 0 Å². The summed E-state index contributed by atoms with van der Waals surface area (Å²) in [5.41, 5.74) is 0. The van der Waals surface area contributed by atoms with Crippen molar-refractivity contribution in [2.45, 2.75) is 57.0 Å². The second-order valence-corrected chi connectivity index (χ2v) is 8.63. The van der Waals surface area contributed by atoms with E-state index in [-0.39, 0.29) is 0 Å². The summed E-state index contributed by atoms with van der Waals surface area (Å²) < 4.78 is 5.63. The van der Waals surface area contributed by atoms with Crippen molar-refractivity contribution in [1.29, 1.82) is 0 Å². The molecular weight excluding hydrogens is 262 g/mol. The van der Waals surface area contributed by atoms with E-state index in [9.17, 15) is 4.79 Å². The summed E-state index contributed by atoms with van der Waals surface area (Å²) in [7, 11) is 0. The number of piperidine rings is 1. The van der Waals surface area contributed by atoms with E-state index >= 15 is 0 Å². The molecule has 2 saturated heterocycles. The SMILES string of the molecule is O=C(C1CC2COCC(C1)N2)C1C2CC3CC(C2)CC1C3. The van der Waals surface area contributed by atoms with Gasteiger partial charge in [-0.1, -0.05) is 0 Å². The Balaban J connectivity index is 1.34. The van der Waals surface area contributed by atoms with Gasteiger partial charge in [0.1, 0.15) is 5.78 Å². The summed E-state index contributed by atoms with van der Waals surface area (Å²) >= 11 is 0. The van der Waals surface area contributed by atoms with Crippen LogP contribution in [0.5, 0.6) is 0 Å². The molecule has 2 atom stereocenters. The molecule has 4 saturated carbocycles. The number of morpholine rings is 1. The van der Waals surface area contributed by atoms with Crippen molar-refractivity contribution < 1.29 is 9.53 Å². The molecule has 1 N–H and O–H groups in total. The highest BCUT2D eigenvalue weighted by atomic mass is 16.5. The topological polar surface area (TPSA) is 38.3 Å². The number of hydrogen-bond acceptors (Lipinski definition) is 3. The summed E-state index contributed by atoms with van der Waals surface area (Å²) in [6, 6.07) is 0.867. The molecule has 6 aliphatic rings. The highest BCUT2D eigenvalue weighted by Crippen LogP contribution is 2.57. The van der Waals surface area contributed by atoms with Crippen molar-refractivity contribution in [3.05, 3.63) is 0 Å². The number of carbonyl (C=O) groups is 1. The standard InChI is InChI=1S/C18H27NO2/c20-18(14-6-15-8-21-9-16(7-14)19-15)17-12-2-10-1-11(4-12)5-13(17)3-10/h10-17,19H,1-9H2. The van der Waals surface area contributed by atoms with Crippen LogP contribution >= 0.6 is 0 Å². The van der Waals surface area contributed by atoms with Crippen LogP contribution in [0.25, 0.3) is 0 Å². The minimum absolute atomic E-state index is 0.327. The predicted molar refractivity (Wildman–Crippen MR) is 79.8 cm³/mol. The van der Waals surface area contributed by atoms with Gasteiger partial charge in [0.05, 0.1) is 13.2 Å². The Morgan fingerprint density at radius 2 is 1.38 bits per heavy atom. The number of nitrogens with one attached hydrogen (secondary N) is 1. The largest absolute Gasteiger partial charge is 0.378 e. The van der Waals surface area contributed by atoms with Crippen LogP contribution < -0.4 is 5.32 Å². The summed E-state index contributed by atoms with van der Waals surface area (Å²) in [4.78, 5) is 13.3. The van der Waals surface area contributed by atoms with E-state index in [4.69, 9.17) is 4.74 Å².